The van der Waals surface area contributed by atoms with Gasteiger partial charge in [-0.1, -0.05) is 25.8 Å². The minimum absolute atomic E-state index is 0.0879. The first kappa shape index (κ1) is 29.8. The molecule has 5 aromatic rings. The first-order valence-corrected chi connectivity index (χ1v) is 14.8. The Morgan fingerprint density at radius 3 is 2.63 bits per heavy atom. The van der Waals surface area contributed by atoms with Crippen LogP contribution in [0.25, 0.3) is 33.1 Å². The zero-order valence-electron chi connectivity index (χ0n) is 25.3. The molecule has 9 heteroatoms. The number of fused-ring (bicyclic) bond motifs is 2. The minimum atomic E-state index is -0.314. The van der Waals surface area contributed by atoms with Crippen LogP contribution < -0.4 is 14.8 Å². The molecule has 5 rings (SSSR count). The molecule has 0 spiro atoms. The van der Waals surface area contributed by atoms with Gasteiger partial charge >= 0.3 is 0 Å². The van der Waals surface area contributed by atoms with E-state index in [1.54, 1.807) is 26.6 Å². The van der Waals surface area contributed by atoms with Gasteiger partial charge in [0.2, 0.25) is 5.91 Å². The van der Waals surface area contributed by atoms with E-state index in [-0.39, 0.29) is 24.2 Å². The van der Waals surface area contributed by atoms with Gasteiger partial charge in [0.15, 0.2) is 0 Å². The number of unbranched alkanes of at least 4 members (excludes halogenated alkanes) is 2. The molecule has 3 aromatic heterocycles. The number of carbonyl (C=O) groups is 2. The molecule has 9 nitrogen and oxygen atoms in total. The van der Waals surface area contributed by atoms with E-state index >= 15 is 0 Å². The van der Waals surface area contributed by atoms with E-state index in [0.717, 1.165) is 69.3 Å². The number of hydrogen-bond acceptors (Lipinski definition) is 6. The van der Waals surface area contributed by atoms with Gasteiger partial charge in [0.25, 0.3) is 0 Å². The number of aryl methyl sites for hydroxylation is 1. The van der Waals surface area contributed by atoms with Gasteiger partial charge in [0.05, 0.1) is 38.6 Å². The molecule has 0 fully saturated rings. The fraction of sp³-hybridized carbons (Fsp3) is 0.353. The molecule has 2 aromatic carbocycles. The van der Waals surface area contributed by atoms with Gasteiger partial charge in [0.1, 0.15) is 28.6 Å². The maximum Gasteiger partial charge on any atom is 0.225 e. The summed E-state index contributed by atoms with van der Waals surface area (Å²) in [5, 5.41) is 5.17. The monoisotopic (exact) mass is 581 g/mol. The first-order valence-electron chi connectivity index (χ1n) is 14.8. The third kappa shape index (κ3) is 6.71. The van der Waals surface area contributed by atoms with Gasteiger partial charge in [-0.3, -0.25) is 14.6 Å². The molecule has 0 bridgehead atoms. The quantitative estimate of drug-likeness (QED) is 0.125. The molecule has 0 radical (unpaired) electrons. The molecule has 3 N–H and O–H groups in total. The second-order valence-corrected chi connectivity index (χ2v) is 10.8. The van der Waals surface area contributed by atoms with E-state index < -0.39 is 0 Å². The van der Waals surface area contributed by atoms with Crippen molar-refractivity contribution in [3.63, 3.8) is 0 Å². The number of pyridine rings is 1. The zero-order valence-corrected chi connectivity index (χ0v) is 25.3. The number of benzene rings is 2. The van der Waals surface area contributed by atoms with Crippen LogP contribution in [0.1, 0.15) is 68.6 Å². The summed E-state index contributed by atoms with van der Waals surface area (Å²) in [6.07, 6.45) is 8.25. The molecule has 1 atom stereocenters. The van der Waals surface area contributed by atoms with Gasteiger partial charge in [0, 0.05) is 46.6 Å². The number of aromatic nitrogens is 4. The number of ether oxygens (including phenoxy) is 2. The summed E-state index contributed by atoms with van der Waals surface area (Å²) < 4.78 is 10.9. The smallest absolute Gasteiger partial charge is 0.225 e. The number of methoxy groups -OCH3 is 2. The topological polar surface area (TPSA) is 122 Å². The molecule has 0 aliphatic carbocycles. The van der Waals surface area contributed by atoms with Gasteiger partial charge in [-0.25, -0.2) is 4.98 Å². The fourth-order valence-electron chi connectivity index (χ4n) is 5.62. The normalized spacial score (nSPS) is 12.0. The average molecular weight is 582 g/mol. The Labute approximate surface area is 251 Å². The van der Waals surface area contributed by atoms with Crippen LogP contribution in [0, 0.1) is 6.92 Å². The van der Waals surface area contributed by atoms with Crippen LogP contribution >= 0.6 is 0 Å². The lowest BCUT2D eigenvalue weighted by molar-refractivity contribution is -0.121. The molecular weight excluding hydrogens is 542 g/mol. The highest BCUT2D eigenvalue weighted by Crippen LogP contribution is 2.33. The van der Waals surface area contributed by atoms with Crippen molar-refractivity contribution in [2.24, 2.45) is 0 Å². The van der Waals surface area contributed by atoms with Gasteiger partial charge in [-0.05, 0) is 61.7 Å². The summed E-state index contributed by atoms with van der Waals surface area (Å²) in [6.45, 7) is 3.88. The van der Waals surface area contributed by atoms with Crippen LogP contribution in [-0.2, 0) is 16.0 Å². The number of ketones is 1. The van der Waals surface area contributed by atoms with Crippen LogP contribution in [0.3, 0.4) is 0 Å². The van der Waals surface area contributed by atoms with E-state index in [4.69, 9.17) is 14.5 Å². The molecule has 224 valence electrons. The molecule has 0 saturated carbocycles. The predicted molar refractivity (Wildman–Crippen MR) is 168 cm³/mol. The van der Waals surface area contributed by atoms with Crippen molar-refractivity contribution in [1.82, 2.24) is 25.3 Å². The van der Waals surface area contributed by atoms with Crippen LogP contribution in [0.15, 0.2) is 54.9 Å². The minimum Gasteiger partial charge on any atom is -0.497 e. The number of hydrogen-bond donors (Lipinski definition) is 3. The van der Waals surface area contributed by atoms with Gasteiger partial charge in [-0.2, -0.15) is 0 Å². The summed E-state index contributed by atoms with van der Waals surface area (Å²) in [5.74, 6) is 2.34. The maximum atomic E-state index is 13.5. The second-order valence-electron chi connectivity index (χ2n) is 10.8. The number of rotatable bonds is 14. The highest BCUT2D eigenvalue weighted by Gasteiger charge is 2.21. The molecule has 0 aliphatic heterocycles. The molecule has 0 saturated heterocycles. The standard InChI is InChI=1S/C34H39N5O4/c1-5-22(40)10-7-6-8-12-29(38-32(41)19-26-21(2)37-28-15-13-23(42-3)18-27(26)28)34-36-20-30(39-34)24-14-16-31(43-4)33-25(24)11-9-17-35-33/h9,11,13-18,20,29,37H,5-8,10,12,19H2,1-4H3,(H,36,39)(H,38,41). The molecule has 43 heavy (non-hydrogen) atoms. The van der Waals surface area contributed by atoms with Crippen molar-refractivity contribution in [2.75, 3.05) is 14.2 Å². The number of nitrogens with one attached hydrogen (secondary N) is 3. The van der Waals surface area contributed by atoms with E-state index in [0.29, 0.717) is 30.8 Å². The lowest BCUT2D eigenvalue weighted by Gasteiger charge is -2.17. The Morgan fingerprint density at radius 1 is 0.977 bits per heavy atom. The number of nitrogens with zero attached hydrogens (tertiary/aromatic N) is 2. The SMILES string of the molecule is CCC(=O)CCCCCC(NC(=O)Cc1c(C)[nH]c2ccc(OC)cc12)c1ncc(-c2ccc(OC)c3ncccc23)[nH]1. The Hall–Kier alpha value is -4.66. The lowest BCUT2D eigenvalue weighted by atomic mass is 10.0. The highest BCUT2D eigenvalue weighted by atomic mass is 16.5. The molecular formula is C34H39N5O4. The van der Waals surface area contributed by atoms with Crippen molar-refractivity contribution in [1.29, 1.82) is 0 Å². The molecule has 0 aliphatic rings. The van der Waals surface area contributed by atoms with Gasteiger partial charge in [-0.15, -0.1) is 0 Å². The second kappa shape index (κ2) is 13.5. The number of imidazole rings is 1. The maximum absolute atomic E-state index is 13.5. The van der Waals surface area contributed by atoms with Crippen LogP contribution in [0.4, 0.5) is 0 Å². The summed E-state index contributed by atoms with van der Waals surface area (Å²) in [5.41, 5.74) is 5.43. The molecule has 1 amide bonds. The zero-order chi connectivity index (χ0) is 30.3. The Balaban J connectivity index is 1.38. The van der Waals surface area contributed by atoms with Crippen molar-refractivity contribution in [2.45, 2.75) is 64.8 Å². The van der Waals surface area contributed by atoms with Crippen molar-refractivity contribution >= 4 is 33.5 Å². The number of amides is 1. The van der Waals surface area contributed by atoms with Crippen LogP contribution in [0.5, 0.6) is 11.5 Å². The number of Topliss-reactive ketones (excluding diaryl/α,β-unsaturated/α-hetero) is 1. The van der Waals surface area contributed by atoms with Crippen molar-refractivity contribution in [3.05, 3.63) is 71.9 Å². The summed E-state index contributed by atoms with van der Waals surface area (Å²) in [4.78, 5) is 41.4. The van der Waals surface area contributed by atoms with Crippen LogP contribution in [0.2, 0.25) is 0 Å². The number of H-pyrrole nitrogens is 2. The summed E-state index contributed by atoms with van der Waals surface area (Å²) >= 11 is 0. The Bertz CT molecular complexity index is 1740. The van der Waals surface area contributed by atoms with E-state index in [9.17, 15) is 9.59 Å². The van der Waals surface area contributed by atoms with E-state index in [1.165, 1.54) is 0 Å². The van der Waals surface area contributed by atoms with Gasteiger partial charge < -0.3 is 24.8 Å². The van der Waals surface area contributed by atoms with Crippen LogP contribution in [-0.4, -0.2) is 45.8 Å². The van der Waals surface area contributed by atoms with Crippen molar-refractivity contribution < 1.29 is 19.1 Å². The Kier molecular flexibility index (Phi) is 9.39. The predicted octanol–water partition coefficient (Wildman–Crippen LogP) is 6.76. The molecule has 3 heterocycles. The number of carbonyl (C=O) groups excluding carboxylic acids is 2. The summed E-state index contributed by atoms with van der Waals surface area (Å²) in [6, 6.07) is 13.3. The average Bonchev–Trinajstić information content (AvgIpc) is 3.63. The Morgan fingerprint density at radius 2 is 1.84 bits per heavy atom. The van der Waals surface area contributed by atoms with Crippen molar-refractivity contribution in [3.8, 4) is 22.8 Å². The first-order chi connectivity index (χ1) is 20.9. The fourth-order valence-corrected chi connectivity index (χ4v) is 5.62. The van der Waals surface area contributed by atoms with E-state index in [1.807, 2.05) is 56.3 Å². The highest BCUT2D eigenvalue weighted by molar-refractivity contribution is 5.97. The lowest BCUT2D eigenvalue weighted by Crippen LogP contribution is -2.30. The van der Waals surface area contributed by atoms with E-state index in [2.05, 4.69) is 20.3 Å². The number of aromatic amines is 2. The third-order valence-electron chi connectivity index (χ3n) is 8.01. The third-order valence-corrected chi connectivity index (χ3v) is 8.01. The summed E-state index contributed by atoms with van der Waals surface area (Å²) in [7, 11) is 3.27. The molecule has 1 unspecified atom stereocenters. The largest absolute Gasteiger partial charge is 0.497 e.